The number of anilines is 1. The fraction of sp³-hybridized carbons (Fsp3) is 0.632. The number of nitrogens with zero attached hydrogens (tertiary/aromatic N) is 3. The van der Waals surface area contributed by atoms with Crippen molar-refractivity contribution in [2.45, 2.75) is 71.1 Å². The topological polar surface area (TPSA) is 60.5 Å². The zero-order valence-corrected chi connectivity index (χ0v) is 14.4. The molecule has 4 nitrogen and oxygen atoms in total. The molecule has 1 rings (SSSR count). The lowest BCUT2D eigenvalue weighted by Crippen LogP contribution is -1.88. The Morgan fingerprint density at radius 1 is 0.870 bits per heavy atom. The zero-order chi connectivity index (χ0) is 16.6. The molecule has 0 aliphatic rings. The van der Waals surface area contributed by atoms with Crippen molar-refractivity contribution in [3.05, 3.63) is 29.8 Å². The first-order valence-corrected chi connectivity index (χ1v) is 8.99. The minimum Gasteiger partial charge on any atom is -0.260 e. The number of nitrogens with one attached hydrogen (secondary N) is 1. The maximum atomic E-state index is 8.72. The van der Waals surface area contributed by atoms with Crippen molar-refractivity contribution in [3.8, 4) is 6.07 Å². The summed E-state index contributed by atoms with van der Waals surface area (Å²) in [6, 6.07) is 9.28. The Balaban J connectivity index is 1.91. The highest BCUT2D eigenvalue weighted by Crippen LogP contribution is 2.11. The van der Waals surface area contributed by atoms with Gasteiger partial charge in [0, 0.05) is 0 Å². The molecule has 0 bridgehead atoms. The Morgan fingerprint density at radius 2 is 1.43 bits per heavy atom. The molecule has 0 saturated heterocycles. The van der Waals surface area contributed by atoms with Gasteiger partial charge in [-0.05, 0) is 30.7 Å². The predicted octanol–water partition coefficient (Wildman–Crippen LogP) is 6.26. The molecule has 1 N–H and O–H groups in total. The van der Waals surface area contributed by atoms with Crippen LogP contribution >= 0.6 is 0 Å². The van der Waals surface area contributed by atoms with Crippen LogP contribution in [0, 0.1) is 11.3 Å². The van der Waals surface area contributed by atoms with Crippen molar-refractivity contribution in [3.63, 3.8) is 0 Å². The van der Waals surface area contributed by atoms with E-state index in [4.69, 9.17) is 5.26 Å². The van der Waals surface area contributed by atoms with E-state index in [1.54, 1.807) is 12.1 Å². The molecule has 0 aliphatic heterocycles. The molecule has 0 saturated carbocycles. The molecule has 23 heavy (non-hydrogen) atoms. The molecular weight excluding hydrogens is 284 g/mol. The van der Waals surface area contributed by atoms with Gasteiger partial charge in [0.15, 0.2) is 0 Å². The van der Waals surface area contributed by atoms with Crippen molar-refractivity contribution in [1.29, 1.82) is 5.26 Å². The van der Waals surface area contributed by atoms with Gasteiger partial charge < -0.3 is 0 Å². The Morgan fingerprint density at radius 3 is 2.00 bits per heavy atom. The van der Waals surface area contributed by atoms with Gasteiger partial charge in [-0.2, -0.15) is 10.4 Å². The molecule has 4 heteroatoms. The predicted molar refractivity (Wildman–Crippen MR) is 96.3 cm³/mol. The van der Waals surface area contributed by atoms with Crippen LogP contribution in [-0.2, 0) is 0 Å². The summed E-state index contributed by atoms with van der Waals surface area (Å²) >= 11 is 0. The van der Waals surface area contributed by atoms with Gasteiger partial charge in [-0.1, -0.05) is 69.9 Å². The summed E-state index contributed by atoms with van der Waals surface area (Å²) < 4.78 is 0. The molecule has 0 atom stereocenters. The first-order chi connectivity index (χ1) is 11.4. The third-order valence-electron chi connectivity index (χ3n) is 3.88. The summed E-state index contributed by atoms with van der Waals surface area (Å²) in [4.78, 5) is 0. The SMILES string of the molecule is CCCCCCCCCCCCN=NNc1ccc(C#N)cc1. The molecule has 0 spiro atoms. The fourth-order valence-corrected chi connectivity index (χ4v) is 2.43. The molecule has 0 heterocycles. The van der Waals surface area contributed by atoms with Crippen LogP contribution in [-0.4, -0.2) is 6.54 Å². The van der Waals surface area contributed by atoms with Gasteiger partial charge >= 0.3 is 0 Å². The average Bonchev–Trinajstić information content (AvgIpc) is 2.59. The minimum absolute atomic E-state index is 0.651. The maximum absolute atomic E-state index is 8.72. The largest absolute Gasteiger partial charge is 0.260 e. The van der Waals surface area contributed by atoms with Crippen LogP contribution in [0.3, 0.4) is 0 Å². The second kappa shape index (κ2) is 13.8. The molecule has 0 amide bonds. The van der Waals surface area contributed by atoms with E-state index in [1.165, 1.54) is 57.8 Å². The second-order valence-corrected chi connectivity index (χ2v) is 5.95. The fourth-order valence-electron chi connectivity index (χ4n) is 2.43. The lowest BCUT2D eigenvalue weighted by atomic mass is 10.1. The van der Waals surface area contributed by atoms with E-state index in [9.17, 15) is 0 Å². The van der Waals surface area contributed by atoms with Gasteiger partial charge in [0.25, 0.3) is 0 Å². The highest BCUT2D eigenvalue weighted by Gasteiger charge is 1.93. The Hall–Kier alpha value is -1.89. The summed E-state index contributed by atoms with van der Waals surface area (Å²) in [7, 11) is 0. The third-order valence-corrected chi connectivity index (χ3v) is 3.88. The number of rotatable bonds is 13. The quantitative estimate of drug-likeness (QED) is 0.265. The van der Waals surface area contributed by atoms with E-state index in [0.717, 1.165) is 18.7 Å². The summed E-state index contributed by atoms with van der Waals surface area (Å²) in [5.74, 6) is 0. The summed E-state index contributed by atoms with van der Waals surface area (Å²) in [6.45, 7) is 3.04. The zero-order valence-electron chi connectivity index (χ0n) is 14.4. The highest BCUT2D eigenvalue weighted by molar-refractivity contribution is 5.46. The molecule has 0 unspecified atom stereocenters. The normalized spacial score (nSPS) is 10.8. The van der Waals surface area contributed by atoms with E-state index in [2.05, 4.69) is 28.8 Å². The van der Waals surface area contributed by atoms with Gasteiger partial charge in [-0.25, -0.2) is 0 Å². The molecule has 0 fully saturated rings. The van der Waals surface area contributed by atoms with Gasteiger partial charge in [0.2, 0.25) is 0 Å². The second-order valence-electron chi connectivity index (χ2n) is 5.95. The Kier molecular flexibility index (Phi) is 11.5. The minimum atomic E-state index is 0.651. The molecule has 1 aromatic rings. The van der Waals surface area contributed by atoms with Crippen LogP contribution in [0.4, 0.5) is 5.69 Å². The van der Waals surface area contributed by atoms with E-state index < -0.39 is 0 Å². The number of hydrogen-bond acceptors (Lipinski definition) is 3. The van der Waals surface area contributed by atoms with Crippen molar-refractivity contribution >= 4 is 5.69 Å². The van der Waals surface area contributed by atoms with Crippen molar-refractivity contribution < 1.29 is 0 Å². The number of benzene rings is 1. The average molecular weight is 314 g/mol. The first-order valence-electron chi connectivity index (χ1n) is 8.99. The van der Waals surface area contributed by atoms with Crippen molar-refractivity contribution in [1.82, 2.24) is 0 Å². The van der Waals surface area contributed by atoms with E-state index in [0.29, 0.717) is 5.56 Å². The molecule has 1 aromatic carbocycles. The van der Waals surface area contributed by atoms with Crippen LogP contribution < -0.4 is 5.43 Å². The van der Waals surface area contributed by atoms with Crippen LogP contribution in [0.1, 0.15) is 76.7 Å². The van der Waals surface area contributed by atoms with Gasteiger partial charge in [0.1, 0.15) is 0 Å². The monoisotopic (exact) mass is 314 g/mol. The van der Waals surface area contributed by atoms with E-state index in [1.807, 2.05) is 12.1 Å². The smallest absolute Gasteiger partial charge is 0.0991 e. The standard InChI is InChI=1S/C19H30N4/c1-2-3-4-5-6-7-8-9-10-11-16-21-23-22-19-14-12-18(17-20)13-15-19/h12-15H,2-11,16H2,1H3,(H,21,22). The van der Waals surface area contributed by atoms with Crippen LogP contribution in [0.2, 0.25) is 0 Å². The van der Waals surface area contributed by atoms with Crippen LogP contribution in [0.5, 0.6) is 0 Å². The molecular formula is C19H30N4. The maximum Gasteiger partial charge on any atom is 0.0991 e. The van der Waals surface area contributed by atoms with Gasteiger partial charge in [-0.15, -0.1) is 0 Å². The summed E-state index contributed by atoms with van der Waals surface area (Å²) in [5.41, 5.74) is 4.39. The molecule has 126 valence electrons. The number of hydrogen-bond donors (Lipinski definition) is 1. The number of nitriles is 1. The molecule has 0 aliphatic carbocycles. The summed E-state index contributed by atoms with van der Waals surface area (Å²) in [6.07, 6.45) is 13.3. The van der Waals surface area contributed by atoms with Gasteiger partial charge in [-0.3, -0.25) is 5.43 Å². The lowest BCUT2D eigenvalue weighted by Gasteiger charge is -2.01. The van der Waals surface area contributed by atoms with Crippen molar-refractivity contribution in [2.75, 3.05) is 12.0 Å². The lowest BCUT2D eigenvalue weighted by molar-refractivity contribution is 0.557. The first kappa shape index (κ1) is 19.2. The van der Waals surface area contributed by atoms with E-state index in [-0.39, 0.29) is 0 Å². The van der Waals surface area contributed by atoms with Gasteiger partial charge in [0.05, 0.1) is 23.9 Å². The van der Waals surface area contributed by atoms with E-state index >= 15 is 0 Å². The molecule has 0 aromatic heterocycles. The Labute approximate surface area is 141 Å². The summed E-state index contributed by atoms with van der Waals surface area (Å²) in [5, 5.41) is 16.8. The van der Waals surface area contributed by atoms with Crippen LogP contribution in [0.25, 0.3) is 0 Å². The highest BCUT2D eigenvalue weighted by atomic mass is 15.4. The van der Waals surface area contributed by atoms with Crippen molar-refractivity contribution in [2.24, 2.45) is 10.3 Å². The Bertz CT molecular complexity index is 459. The van der Waals surface area contributed by atoms with Crippen LogP contribution in [0.15, 0.2) is 34.6 Å². The molecule has 0 radical (unpaired) electrons. The third kappa shape index (κ3) is 10.5. The number of unbranched alkanes of at least 4 members (excludes halogenated alkanes) is 9.